The molecule has 0 saturated carbocycles. The van der Waals surface area contributed by atoms with Crippen LogP contribution in [0.1, 0.15) is 42.9 Å². The zero-order chi connectivity index (χ0) is 20.5. The van der Waals surface area contributed by atoms with Gasteiger partial charge >= 0.3 is 0 Å². The van der Waals surface area contributed by atoms with Gasteiger partial charge in [-0.3, -0.25) is 9.69 Å². The largest absolute Gasteiger partial charge is 0.497 e. The maximum Gasteiger partial charge on any atom is 0.220 e. The molecular weight excluding hydrogens is 364 g/mol. The van der Waals surface area contributed by atoms with Gasteiger partial charge in [-0.15, -0.1) is 0 Å². The van der Waals surface area contributed by atoms with Crippen LogP contribution in [0, 0.1) is 0 Å². The van der Waals surface area contributed by atoms with Crippen LogP contribution in [-0.2, 0) is 11.2 Å². The molecule has 0 aromatic heterocycles. The summed E-state index contributed by atoms with van der Waals surface area (Å²) in [5.41, 5.74) is 2.34. The number of nitrogens with zero attached hydrogens (tertiary/aromatic N) is 1. The van der Waals surface area contributed by atoms with Crippen LogP contribution in [0.2, 0.25) is 0 Å². The van der Waals surface area contributed by atoms with Crippen molar-refractivity contribution in [2.24, 2.45) is 0 Å². The van der Waals surface area contributed by atoms with E-state index < -0.39 is 0 Å². The second kappa shape index (κ2) is 10.9. The van der Waals surface area contributed by atoms with Crippen molar-refractivity contribution in [3.63, 3.8) is 0 Å². The van der Waals surface area contributed by atoms with E-state index in [2.05, 4.69) is 22.3 Å². The molecule has 5 heteroatoms. The van der Waals surface area contributed by atoms with E-state index in [4.69, 9.17) is 9.47 Å². The number of hydrogen-bond acceptors (Lipinski definition) is 4. The lowest BCUT2D eigenvalue weighted by atomic mass is 10.0. The summed E-state index contributed by atoms with van der Waals surface area (Å²) >= 11 is 0. The molecule has 2 aromatic rings. The number of methoxy groups -OCH3 is 2. The second-order valence-electron chi connectivity index (χ2n) is 7.54. The molecule has 5 nitrogen and oxygen atoms in total. The maximum atomic E-state index is 12.5. The van der Waals surface area contributed by atoms with Crippen LogP contribution in [0.25, 0.3) is 0 Å². The number of nitrogens with one attached hydrogen (secondary N) is 1. The van der Waals surface area contributed by atoms with E-state index >= 15 is 0 Å². The van der Waals surface area contributed by atoms with Crippen molar-refractivity contribution in [2.75, 3.05) is 33.9 Å². The highest BCUT2D eigenvalue weighted by molar-refractivity contribution is 5.76. The lowest BCUT2D eigenvalue weighted by Gasteiger charge is -2.35. The molecule has 1 aliphatic rings. The summed E-state index contributed by atoms with van der Waals surface area (Å²) in [6.45, 7) is 2.77. The highest BCUT2D eigenvalue weighted by atomic mass is 16.5. The maximum absolute atomic E-state index is 12.5. The third-order valence-corrected chi connectivity index (χ3v) is 5.60. The SMILES string of the molecule is COc1ccc(CCC(=O)NCC(c2cccc(OC)c2)N2CCCCC2)cc1. The first kappa shape index (κ1) is 21.2. The molecule has 1 atom stereocenters. The van der Waals surface area contributed by atoms with Gasteiger partial charge in [-0.2, -0.15) is 0 Å². The zero-order valence-electron chi connectivity index (χ0n) is 17.5. The minimum absolute atomic E-state index is 0.0886. The summed E-state index contributed by atoms with van der Waals surface area (Å²) in [4.78, 5) is 15.0. The normalized spacial score (nSPS) is 15.5. The number of piperidine rings is 1. The van der Waals surface area contributed by atoms with Gasteiger partial charge in [-0.05, 0) is 67.7 Å². The number of benzene rings is 2. The van der Waals surface area contributed by atoms with Crippen LogP contribution in [0.15, 0.2) is 48.5 Å². The Morgan fingerprint density at radius 3 is 2.41 bits per heavy atom. The van der Waals surface area contributed by atoms with Gasteiger partial charge in [0, 0.05) is 13.0 Å². The van der Waals surface area contributed by atoms with Gasteiger partial charge < -0.3 is 14.8 Å². The number of carbonyl (C=O) groups excluding carboxylic acids is 1. The van der Waals surface area contributed by atoms with Crippen LogP contribution in [0.5, 0.6) is 11.5 Å². The third kappa shape index (κ3) is 6.23. The minimum atomic E-state index is 0.0886. The van der Waals surface area contributed by atoms with Gasteiger partial charge in [0.15, 0.2) is 0 Å². The fourth-order valence-electron chi connectivity index (χ4n) is 3.89. The number of ether oxygens (including phenoxy) is 2. The average Bonchev–Trinajstić information content (AvgIpc) is 2.79. The summed E-state index contributed by atoms with van der Waals surface area (Å²) in [5.74, 6) is 1.78. The number of amides is 1. The van der Waals surface area contributed by atoms with Crippen molar-refractivity contribution in [1.29, 1.82) is 0 Å². The number of hydrogen-bond donors (Lipinski definition) is 1. The molecule has 0 aliphatic carbocycles. The molecule has 1 aliphatic heterocycles. The second-order valence-corrected chi connectivity index (χ2v) is 7.54. The Kier molecular flexibility index (Phi) is 7.94. The molecule has 0 bridgehead atoms. The lowest BCUT2D eigenvalue weighted by molar-refractivity contribution is -0.121. The van der Waals surface area contributed by atoms with E-state index in [1.54, 1.807) is 14.2 Å². The van der Waals surface area contributed by atoms with Gasteiger partial charge in [-0.25, -0.2) is 0 Å². The van der Waals surface area contributed by atoms with E-state index in [-0.39, 0.29) is 11.9 Å². The molecule has 2 aromatic carbocycles. The molecule has 1 N–H and O–H groups in total. The molecule has 1 fully saturated rings. The average molecular weight is 397 g/mol. The summed E-state index contributed by atoms with van der Waals surface area (Å²) in [6, 6.07) is 16.3. The van der Waals surface area contributed by atoms with E-state index in [0.29, 0.717) is 13.0 Å². The summed E-state index contributed by atoms with van der Waals surface area (Å²) < 4.78 is 10.6. The standard InChI is InChI=1S/C24H32N2O3/c1-28-21-12-9-19(10-13-21)11-14-24(27)25-18-23(26-15-4-3-5-16-26)20-7-6-8-22(17-20)29-2/h6-10,12-13,17,23H,3-5,11,14-16,18H2,1-2H3,(H,25,27). The molecule has 0 radical (unpaired) electrons. The van der Waals surface area contributed by atoms with Crippen molar-refractivity contribution in [3.8, 4) is 11.5 Å². The highest BCUT2D eigenvalue weighted by Gasteiger charge is 2.23. The minimum Gasteiger partial charge on any atom is -0.497 e. The summed E-state index contributed by atoms with van der Waals surface area (Å²) in [5, 5.41) is 3.16. The topological polar surface area (TPSA) is 50.8 Å². The van der Waals surface area contributed by atoms with Gasteiger partial charge in [-0.1, -0.05) is 30.7 Å². The van der Waals surface area contributed by atoms with Crippen molar-refractivity contribution in [1.82, 2.24) is 10.2 Å². The molecule has 1 amide bonds. The molecule has 1 heterocycles. The van der Waals surface area contributed by atoms with Crippen molar-refractivity contribution >= 4 is 5.91 Å². The third-order valence-electron chi connectivity index (χ3n) is 5.60. The van der Waals surface area contributed by atoms with Crippen LogP contribution in [0.3, 0.4) is 0 Å². The number of rotatable bonds is 9. The number of aryl methyl sites for hydroxylation is 1. The van der Waals surface area contributed by atoms with Crippen molar-refractivity contribution < 1.29 is 14.3 Å². The Bertz CT molecular complexity index is 770. The van der Waals surface area contributed by atoms with Gasteiger partial charge in [0.1, 0.15) is 11.5 Å². The fraction of sp³-hybridized carbons (Fsp3) is 0.458. The Morgan fingerprint density at radius 2 is 1.72 bits per heavy atom. The fourth-order valence-corrected chi connectivity index (χ4v) is 3.89. The molecule has 1 unspecified atom stereocenters. The zero-order valence-corrected chi connectivity index (χ0v) is 17.5. The van der Waals surface area contributed by atoms with Crippen LogP contribution in [-0.4, -0.2) is 44.7 Å². The number of likely N-dealkylation sites (tertiary alicyclic amines) is 1. The van der Waals surface area contributed by atoms with Crippen LogP contribution >= 0.6 is 0 Å². The number of carbonyl (C=O) groups is 1. The van der Waals surface area contributed by atoms with Crippen LogP contribution in [0.4, 0.5) is 0 Å². The Hall–Kier alpha value is -2.53. The predicted molar refractivity (Wildman–Crippen MR) is 115 cm³/mol. The van der Waals surface area contributed by atoms with Gasteiger partial charge in [0.05, 0.1) is 20.3 Å². The van der Waals surface area contributed by atoms with Gasteiger partial charge in [0.2, 0.25) is 5.91 Å². The van der Waals surface area contributed by atoms with Crippen molar-refractivity contribution in [2.45, 2.75) is 38.1 Å². The smallest absolute Gasteiger partial charge is 0.220 e. The summed E-state index contributed by atoms with van der Waals surface area (Å²) in [6.07, 6.45) is 4.92. The quantitative estimate of drug-likeness (QED) is 0.697. The lowest BCUT2D eigenvalue weighted by Crippen LogP contribution is -2.40. The Labute approximate surface area is 174 Å². The molecule has 0 spiro atoms. The first-order valence-electron chi connectivity index (χ1n) is 10.5. The Balaban J connectivity index is 1.58. The first-order chi connectivity index (χ1) is 14.2. The molecule has 156 valence electrons. The molecule has 29 heavy (non-hydrogen) atoms. The van der Waals surface area contributed by atoms with Gasteiger partial charge in [0.25, 0.3) is 0 Å². The van der Waals surface area contributed by atoms with E-state index in [9.17, 15) is 4.79 Å². The van der Waals surface area contributed by atoms with Crippen LogP contribution < -0.4 is 14.8 Å². The molecule has 3 rings (SSSR count). The molecular formula is C24H32N2O3. The summed E-state index contributed by atoms with van der Waals surface area (Å²) in [7, 11) is 3.35. The first-order valence-corrected chi connectivity index (χ1v) is 10.5. The van der Waals surface area contributed by atoms with Crippen molar-refractivity contribution in [3.05, 3.63) is 59.7 Å². The highest BCUT2D eigenvalue weighted by Crippen LogP contribution is 2.26. The van der Waals surface area contributed by atoms with E-state index in [1.807, 2.05) is 36.4 Å². The predicted octanol–water partition coefficient (Wildman–Crippen LogP) is 3.98. The Morgan fingerprint density at radius 1 is 1.00 bits per heavy atom. The van der Waals surface area contributed by atoms with E-state index in [1.165, 1.54) is 24.8 Å². The van der Waals surface area contributed by atoms with E-state index in [0.717, 1.165) is 36.6 Å². The molecule has 1 saturated heterocycles. The monoisotopic (exact) mass is 396 g/mol.